The number of benzene rings is 3. The van der Waals surface area contributed by atoms with Gasteiger partial charge in [-0.25, -0.2) is 9.59 Å². The van der Waals surface area contributed by atoms with E-state index in [9.17, 15) is 29.5 Å². The van der Waals surface area contributed by atoms with E-state index >= 15 is 0 Å². The first-order valence-electron chi connectivity index (χ1n) is 20.5. The second-order valence-corrected chi connectivity index (χ2v) is 17.9. The molecule has 2 aromatic heterocycles. The van der Waals surface area contributed by atoms with Crippen molar-refractivity contribution in [2.24, 2.45) is 0 Å². The number of hydrogen-bond donors (Lipinski definition) is 3. The van der Waals surface area contributed by atoms with Gasteiger partial charge in [-0.3, -0.25) is 33.2 Å². The molecular formula is C44H48N5O15PS. The number of aromatic nitrogens is 4. The number of hydrogen-bond acceptors (Lipinski definition) is 17. The summed E-state index contributed by atoms with van der Waals surface area (Å²) in [5.41, 5.74) is -2.10. The number of aliphatic hydroxyl groups is 1. The molecule has 2 aliphatic rings. The first-order chi connectivity index (χ1) is 31.9. The van der Waals surface area contributed by atoms with E-state index < -0.39 is 90.5 Å². The Hall–Kier alpha value is -5.60. The summed E-state index contributed by atoms with van der Waals surface area (Å²) < 4.78 is 63.5. The summed E-state index contributed by atoms with van der Waals surface area (Å²) in [4.78, 5) is 54.4. The van der Waals surface area contributed by atoms with Crippen LogP contribution in [0.15, 0.2) is 123 Å². The molecule has 0 saturated carbocycles. The van der Waals surface area contributed by atoms with E-state index in [1.165, 1.54) is 26.6 Å². The average Bonchev–Trinajstić information content (AvgIpc) is 3.83. The van der Waals surface area contributed by atoms with Crippen molar-refractivity contribution >= 4 is 18.5 Å². The molecule has 2 fully saturated rings. The van der Waals surface area contributed by atoms with Gasteiger partial charge >= 0.3 is 18.1 Å². The molecule has 5 unspecified atom stereocenters. The number of H-pyrrole nitrogens is 2. The van der Waals surface area contributed by atoms with Crippen LogP contribution < -0.4 is 32.0 Å². The van der Waals surface area contributed by atoms with E-state index in [0.29, 0.717) is 22.6 Å². The van der Waals surface area contributed by atoms with Crippen LogP contribution >= 0.6 is 6.72 Å². The topological polar surface area (TPSA) is 246 Å². The quantitative estimate of drug-likeness (QED) is 0.0577. The molecule has 0 aliphatic carbocycles. The highest BCUT2D eigenvalue weighted by atomic mass is 32.5. The van der Waals surface area contributed by atoms with E-state index in [0.717, 1.165) is 26.8 Å². The zero-order valence-corrected chi connectivity index (χ0v) is 37.8. The van der Waals surface area contributed by atoms with Gasteiger partial charge in [-0.1, -0.05) is 54.6 Å². The third kappa shape index (κ3) is 10.2. The van der Waals surface area contributed by atoms with Crippen LogP contribution in [0.2, 0.25) is 0 Å². The predicted molar refractivity (Wildman–Crippen MR) is 238 cm³/mol. The van der Waals surface area contributed by atoms with Crippen molar-refractivity contribution in [2.75, 3.05) is 48.3 Å². The Labute approximate surface area is 382 Å². The molecule has 2 aliphatic heterocycles. The van der Waals surface area contributed by atoms with Crippen LogP contribution in [0.1, 0.15) is 35.6 Å². The molecule has 0 amide bonds. The lowest BCUT2D eigenvalue weighted by molar-refractivity contribution is -0.0965. The van der Waals surface area contributed by atoms with Gasteiger partial charge in [0.05, 0.1) is 46.5 Å². The summed E-state index contributed by atoms with van der Waals surface area (Å²) in [7, 11) is 5.82. The zero-order chi connectivity index (χ0) is 47.0. The Morgan fingerprint density at radius 1 is 0.697 bits per heavy atom. The van der Waals surface area contributed by atoms with Crippen LogP contribution in [0.3, 0.4) is 0 Å². The van der Waals surface area contributed by atoms with Crippen molar-refractivity contribution in [3.63, 3.8) is 0 Å². The van der Waals surface area contributed by atoms with E-state index in [1.54, 1.807) is 14.2 Å². The normalized spacial score (nSPS) is 23.8. The predicted octanol–water partition coefficient (Wildman–Crippen LogP) is 2.85. The van der Waals surface area contributed by atoms with Crippen molar-refractivity contribution < 1.29 is 51.8 Å². The fraction of sp³-hybridized carbons (Fsp3) is 0.386. The SMILES string of the molecule is COc1ccc(C(OC[C@H]2O[C@@H](n3ccc(=O)[nH]c3=O)C(OC)C2OP(=S)(OCCC#N)OC[C@H]2O[C@@H](n3ccc(=O)[nH]c3=O)C(OC)C2O)(c2ccccc2)c2ccc(OC)cc2)cc1. The number of rotatable bonds is 20. The van der Waals surface area contributed by atoms with Crippen LogP contribution in [-0.2, 0) is 54.7 Å². The van der Waals surface area contributed by atoms with Crippen molar-refractivity contribution in [1.29, 1.82) is 5.26 Å². The summed E-state index contributed by atoms with van der Waals surface area (Å²) >= 11 is 6.01. The summed E-state index contributed by atoms with van der Waals surface area (Å²) in [5.74, 6) is 1.22. The number of ether oxygens (including phenoxy) is 7. The molecule has 5 aromatic rings. The summed E-state index contributed by atoms with van der Waals surface area (Å²) in [5, 5.41) is 20.8. The van der Waals surface area contributed by atoms with E-state index in [2.05, 4.69) is 9.97 Å². The molecule has 2 saturated heterocycles. The fourth-order valence-corrected chi connectivity index (χ4v) is 10.0. The minimum atomic E-state index is -4.05. The maximum Gasteiger partial charge on any atom is 0.330 e. The van der Waals surface area contributed by atoms with Gasteiger partial charge in [0.25, 0.3) is 11.1 Å². The molecule has 0 spiro atoms. The lowest BCUT2D eigenvalue weighted by atomic mass is 9.80. The molecule has 0 bridgehead atoms. The molecule has 0 radical (unpaired) electrons. The summed E-state index contributed by atoms with van der Waals surface area (Å²) in [6.45, 7) is -5.03. The van der Waals surface area contributed by atoms with Crippen LogP contribution in [-0.4, -0.2) is 109 Å². The molecule has 66 heavy (non-hydrogen) atoms. The standard InChI is InChI=1S/C44H48N5O15PS/c1-55-30-15-11-28(12-16-30)44(27-9-6-5-7-10-27,29-13-17-31(56-2)18-14-29)59-25-33-37(39(58-4)41(63-33)49-23-20-35(51)47-43(49)54)64-65(66,60-24-8-21-45)61-26-32-36(52)38(57-3)40(62-32)48-22-19-34(50)46-42(48)53/h5-7,9-20,22-23,32-33,36-41,52H,8,24-26H2,1-4H3,(H,46,50,53)(H,47,51,54)/t32-,33-,36?,37?,38?,39?,40-,41-,65?/m1/s1. The number of methoxy groups -OCH3 is 4. The fourth-order valence-electron chi connectivity index (χ4n) is 7.93. The van der Waals surface area contributed by atoms with Gasteiger partial charge in [0.15, 0.2) is 12.5 Å². The second-order valence-electron chi connectivity index (χ2n) is 14.9. The lowest BCUT2D eigenvalue weighted by Crippen LogP contribution is -2.42. The zero-order valence-electron chi connectivity index (χ0n) is 36.1. The van der Waals surface area contributed by atoms with E-state index in [1.807, 2.05) is 84.9 Å². The summed E-state index contributed by atoms with van der Waals surface area (Å²) in [6, 6.07) is 28.5. The Bertz CT molecular complexity index is 2700. The molecule has 3 aromatic carbocycles. The number of nitriles is 1. The Morgan fingerprint density at radius 3 is 1.71 bits per heavy atom. The highest BCUT2D eigenvalue weighted by Crippen LogP contribution is 2.55. The molecular weight excluding hydrogens is 902 g/mol. The van der Waals surface area contributed by atoms with Gasteiger partial charge in [-0.15, -0.1) is 0 Å². The molecule has 9 atom stereocenters. The van der Waals surface area contributed by atoms with Crippen LogP contribution in [0, 0.1) is 11.3 Å². The lowest BCUT2D eigenvalue weighted by Gasteiger charge is -2.37. The molecule has 7 rings (SSSR count). The number of nitrogens with zero attached hydrogens (tertiary/aromatic N) is 3. The minimum absolute atomic E-state index is 0.114. The third-order valence-electron chi connectivity index (χ3n) is 11.1. The molecule has 22 heteroatoms. The number of aromatic amines is 2. The minimum Gasteiger partial charge on any atom is -0.497 e. The van der Waals surface area contributed by atoms with Gasteiger partial charge in [-0.05, 0) is 52.8 Å². The summed E-state index contributed by atoms with van der Waals surface area (Å²) in [6.07, 6.45) is -7.29. The second kappa shape index (κ2) is 21.4. The first kappa shape index (κ1) is 48.3. The number of aliphatic hydroxyl groups excluding tert-OH is 1. The third-order valence-corrected chi connectivity index (χ3v) is 13.5. The highest BCUT2D eigenvalue weighted by Gasteiger charge is 2.52. The Morgan fingerprint density at radius 2 is 1.21 bits per heavy atom. The van der Waals surface area contributed by atoms with Crippen LogP contribution in [0.4, 0.5) is 0 Å². The van der Waals surface area contributed by atoms with Gasteiger partial charge in [0.1, 0.15) is 53.7 Å². The van der Waals surface area contributed by atoms with Crippen molar-refractivity contribution in [3.05, 3.63) is 162 Å². The van der Waals surface area contributed by atoms with Gasteiger partial charge < -0.3 is 47.3 Å². The Balaban J connectivity index is 1.27. The van der Waals surface area contributed by atoms with Crippen molar-refractivity contribution in [1.82, 2.24) is 19.1 Å². The van der Waals surface area contributed by atoms with Gasteiger partial charge in [-0.2, -0.15) is 5.26 Å². The van der Waals surface area contributed by atoms with E-state index in [-0.39, 0.29) is 19.6 Å². The average molecular weight is 950 g/mol. The van der Waals surface area contributed by atoms with Crippen LogP contribution in [0.25, 0.3) is 0 Å². The molecule has 350 valence electrons. The smallest absolute Gasteiger partial charge is 0.330 e. The number of nitrogens with one attached hydrogen (secondary N) is 2. The Kier molecular flexibility index (Phi) is 15.6. The van der Waals surface area contributed by atoms with Crippen LogP contribution in [0.5, 0.6) is 11.5 Å². The largest absolute Gasteiger partial charge is 0.497 e. The van der Waals surface area contributed by atoms with Gasteiger partial charge in [0, 0.05) is 38.7 Å². The molecule has 20 nitrogen and oxygen atoms in total. The van der Waals surface area contributed by atoms with Gasteiger partial charge in [0.2, 0.25) is 0 Å². The van der Waals surface area contributed by atoms with Crippen molar-refractivity contribution in [3.8, 4) is 17.6 Å². The molecule has 4 heterocycles. The first-order valence-corrected chi connectivity index (χ1v) is 23.0. The highest BCUT2D eigenvalue weighted by molar-refractivity contribution is 8.07. The molecule has 3 N–H and O–H groups in total. The maximum absolute atomic E-state index is 13.3. The monoisotopic (exact) mass is 949 g/mol. The van der Waals surface area contributed by atoms with Crippen molar-refractivity contribution in [2.45, 2.75) is 61.1 Å². The maximum atomic E-state index is 13.3. The van der Waals surface area contributed by atoms with E-state index in [4.69, 9.17) is 58.5 Å².